The normalized spacial score (nSPS) is 11.1. The first-order valence-electron chi connectivity index (χ1n) is 6.37. The van der Waals surface area contributed by atoms with Crippen molar-refractivity contribution in [2.75, 3.05) is 7.11 Å². The third-order valence-electron chi connectivity index (χ3n) is 2.65. The molecule has 0 amide bonds. The summed E-state index contributed by atoms with van der Waals surface area (Å²) in [7, 11) is 1.70. The SMILES string of the molecule is CC.COc1cc(C(C)(C)C)cc2sc(C)nc12. The molecule has 0 spiro atoms. The van der Waals surface area contributed by atoms with Gasteiger partial charge in [0.1, 0.15) is 11.3 Å². The van der Waals surface area contributed by atoms with Crippen molar-refractivity contribution in [1.29, 1.82) is 0 Å². The lowest BCUT2D eigenvalue weighted by atomic mass is 9.87. The van der Waals surface area contributed by atoms with Crippen molar-refractivity contribution in [2.45, 2.75) is 47.0 Å². The van der Waals surface area contributed by atoms with Gasteiger partial charge >= 0.3 is 0 Å². The van der Waals surface area contributed by atoms with E-state index < -0.39 is 0 Å². The number of aromatic nitrogens is 1. The standard InChI is InChI=1S/C13H17NOS.C2H6/c1-8-14-12-10(15-5)6-9(13(2,3)4)7-11(12)16-8;1-2/h6-7H,1-5H3;1-2H3. The molecule has 18 heavy (non-hydrogen) atoms. The lowest BCUT2D eigenvalue weighted by Gasteiger charge is -2.19. The highest BCUT2D eigenvalue weighted by Crippen LogP contribution is 2.35. The topological polar surface area (TPSA) is 22.1 Å². The van der Waals surface area contributed by atoms with E-state index in [4.69, 9.17) is 4.74 Å². The monoisotopic (exact) mass is 265 g/mol. The van der Waals surface area contributed by atoms with Crippen LogP contribution in [0.3, 0.4) is 0 Å². The molecule has 0 aliphatic carbocycles. The molecule has 3 heteroatoms. The fraction of sp³-hybridized carbons (Fsp3) is 0.533. The highest BCUT2D eigenvalue weighted by Gasteiger charge is 2.18. The molecule has 0 saturated carbocycles. The van der Waals surface area contributed by atoms with Crippen LogP contribution in [0.15, 0.2) is 12.1 Å². The van der Waals surface area contributed by atoms with Gasteiger partial charge in [0.05, 0.1) is 16.8 Å². The average molecular weight is 265 g/mol. The largest absolute Gasteiger partial charge is 0.494 e. The van der Waals surface area contributed by atoms with Gasteiger partial charge in [0.15, 0.2) is 0 Å². The molecule has 2 rings (SSSR count). The molecule has 0 bridgehead atoms. The van der Waals surface area contributed by atoms with E-state index >= 15 is 0 Å². The molecule has 0 saturated heterocycles. The zero-order valence-electron chi connectivity index (χ0n) is 12.4. The van der Waals surface area contributed by atoms with E-state index in [0.717, 1.165) is 16.3 Å². The van der Waals surface area contributed by atoms with Crippen LogP contribution in [-0.2, 0) is 5.41 Å². The minimum Gasteiger partial charge on any atom is -0.494 e. The van der Waals surface area contributed by atoms with Gasteiger partial charge in [-0.2, -0.15) is 0 Å². The molecule has 100 valence electrons. The Morgan fingerprint density at radius 1 is 1.17 bits per heavy atom. The molecule has 1 aromatic heterocycles. The van der Waals surface area contributed by atoms with Gasteiger partial charge in [0, 0.05) is 0 Å². The van der Waals surface area contributed by atoms with Crippen LogP contribution in [0.25, 0.3) is 10.2 Å². The molecule has 0 unspecified atom stereocenters. The Kier molecular flexibility index (Phi) is 4.74. The smallest absolute Gasteiger partial charge is 0.146 e. The molecule has 1 heterocycles. The predicted molar refractivity (Wildman–Crippen MR) is 81.0 cm³/mol. The zero-order chi connectivity index (χ0) is 13.9. The van der Waals surface area contributed by atoms with Crippen LogP contribution in [-0.4, -0.2) is 12.1 Å². The van der Waals surface area contributed by atoms with Crippen LogP contribution >= 0.6 is 11.3 Å². The number of ether oxygens (including phenoxy) is 1. The van der Waals surface area contributed by atoms with Crippen LogP contribution in [0, 0.1) is 6.92 Å². The molecular formula is C15H23NOS. The van der Waals surface area contributed by atoms with E-state index in [9.17, 15) is 0 Å². The van der Waals surface area contributed by atoms with Crippen molar-refractivity contribution in [3.63, 3.8) is 0 Å². The molecule has 0 radical (unpaired) electrons. The van der Waals surface area contributed by atoms with E-state index in [2.05, 4.69) is 37.9 Å². The fourth-order valence-electron chi connectivity index (χ4n) is 1.70. The van der Waals surface area contributed by atoms with Gasteiger partial charge in [0.25, 0.3) is 0 Å². The van der Waals surface area contributed by atoms with Gasteiger partial charge in [-0.1, -0.05) is 34.6 Å². The summed E-state index contributed by atoms with van der Waals surface area (Å²) < 4.78 is 6.63. The molecule has 0 atom stereocenters. The first-order valence-corrected chi connectivity index (χ1v) is 7.19. The van der Waals surface area contributed by atoms with Crippen molar-refractivity contribution in [3.8, 4) is 5.75 Å². The summed E-state index contributed by atoms with van der Waals surface area (Å²) in [6.45, 7) is 12.7. The quantitative estimate of drug-likeness (QED) is 0.729. The summed E-state index contributed by atoms with van der Waals surface area (Å²) in [4.78, 5) is 4.50. The highest BCUT2D eigenvalue weighted by atomic mass is 32.1. The van der Waals surface area contributed by atoms with Gasteiger partial charge in [-0.3, -0.25) is 0 Å². The average Bonchev–Trinajstić information content (AvgIpc) is 2.69. The van der Waals surface area contributed by atoms with E-state index in [-0.39, 0.29) is 5.41 Å². The van der Waals surface area contributed by atoms with Crippen LogP contribution in [0.1, 0.15) is 45.2 Å². The number of hydrogen-bond acceptors (Lipinski definition) is 3. The Bertz CT molecular complexity index is 523. The Hall–Kier alpha value is -1.09. The number of fused-ring (bicyclic) bond motifs is 1. The zero-order valence-corrected chi connectivity index (χ0v) is 13.2. The lowest BCUT2D eigenvalue weighted by molar-refractivity contribution is 0.417. The summed E-state index contributed by atoms with van der Waals surface area (Å²) in [5, 5.41) is 1.08. The Balaban J connectivity index is 0.000000771. The second-order valence-corrected chi connectivity index (χ2v) is 6.24. The van der Waals surface area contributed by atoms with Crippen LogP contribution in [0.4, 0.5) is 0 Å². The number of aryl methyl sites for hydroxylation is 1. The Labute approximate surface area is 114 Å². The molecule has 2 aromatic rings. The minimum absolute atomic E-state index is 0.138. The second-order valence-electron chi connectivity index (χ2n) is 5.01. The Morgan fingerprint density at radius 2 is 1.78 bits per heavy atom. The van der Waals surface area contributed by atoms with E-state index in [1.807, 2.05) is 20.8 Å². The lowest BCUT2D eigenvalue weighted by Crippen LogP contribution is -2.10. The maximum absolute atomic E-state index is 5.42. The number of nitrogens with zero attached hydrogens (tertiary/aromatic N) is 1. The van der Waals surface area contributed by atoms with E-state index in [0.29, 0.717) is 0 Å². The van der Waals surface area contributed by atoms with Gasteiger partial charge in [-0.05, 0) is 30.0 Å². The molecule has 0 fully saturated rings. The van der Waals surface area contributed by atoms with Gasteiger partial charge in [-0.25, -0.2) is 4.98 Å². The summed E-state index contributed by atoms with van der Waals surface area (Å²) in [6.07, 6.45) is 0. The van der Waals surface area contributed by atoms with Crippen LogP contribution in [0.5, 0.6) is 5.75 Å². The summed E-state index contributed by atoms with van der Waals surface area (Å²) in [6, 6.07) is 4.32. The molecule has 0 aliphatic heterocycles. The molecule has 1 aromatic carbocycles. The third kappa shape index (κ3) is 3.02. The summed E-state index contributed by atoms with van der Waals surface area (Å²) >= 11 is 1.72. The van der Waals surface area contributed by atoms with Crippen LogP contribution < -0.4 is 4.74 Å². The maximum atomic E-state index is 5.42. The van der Waals surface area contributed by atoms with Crippen molar-refractivity contribution in [2.24, 2.45) is 0 Å². The molecule has 0 N–H and O–H groups in total. The second kappa shape index (κ2) is 5.70. The Morgan fingerprint density at radius 3 is 2.28 bits per heavy atom. The number of rotatable bonds is 1. The van der Waals surface area contributed by atoms with Crippen molar-refractivity contribution in [3.05, 3.63) is 22.7 Å². The molecule has 0 aliphatic rings. The van der Waals surface area contributed by atoms with Gasteiger partial charge in [0.2, 0.25) is 0 Å². The van der Waals surface area contributed by atoms with Gasteiger partial charge in [-0.15, -0.1) is 11.3 Å². The van der Waals surface area contributed by atoms with Crippen molar-refractivity contribution < 1.29 is 4.74 Å². The fourth-order valence-corrected chi connectivity index (χ4v) is 2.58. The van der Waals surface area contributed by atoms with E-state index in [1.165, 1.54) is 10.3 Å². The number of hydrogen-bond donors (Lipinski definition) is 0. The third-order valence-corrected chi connectivity index (χ3v) is 3.57. The number of methoxy groups -OCH3 is 1. The maximum Gasteiger partial charge on any atom is 0.146 e. The number of benzene rings is 1. The van der Waals surface area contributed by atoms with Crippen molar-refractivity contribution in [1.82, 2.24) is 4.98 Å². The minimum atomic E-state index is 0.138. The first-order chi connectivity index (χ1) is 8.41. The van der Waals surface area contributed by atoms with Gasteiger partial charge < -0.3 is 4.74 Å². The van der Waals surface area contributed by atoms with E-state index in [1.54, 1.807) is 18.4 Å². The van der Waals surface area contributed by atoms with Crippen LogP contribution in [0.2, 0.25) is 0 Å². The summed E-state index contributed by atoms with van der Waals surface area (Å²) in [5.74, 6) is 0.881. The summed E-state index contributed by atoms with van der Waals surface area (Å²) in [5.41, 5.74) is 2.41. The number of thiazole rings is 1. The molecular weight excluding hydrogens is 242 g/mol. The molecule has 2 nitrogen and oxygen atoms in total. The van der Waals surface area contributed by atoms with Crippen molar-refractivity contribution >= 4 is 21.6 Å². The predicted octanol–water partition coefficient (Wildman–Crippen LogP) is 4.94. The first kappa shape index (κ1) is 15.0. The highest BCUT2D eigenvalue weighted by molar-refractivity contribution is 7.18.